The number of amides is 1. The lowest BCUT2D eigenvalue weighted by atomic mass is 9.96. The van der Waals surface area contributed by atoms with Gasteiger partial charge in [-0.2, -0.15) is 0 Å². The van der Waals surface area contributed by atoms with Gasteiger partial charge in [-0.25, -0.2) is 0 Å². The fraction of sp³-hybridized carbons (Fsp3) is 0.409. The van der Waals surface area contributed by atoms with Crippen LogP contribution in [-0.4, -0.2) is 41.2 Å². The summed E-state index contributed by atoms with van der Waals surface area (Å²) in [6.45, 7) is 4.24. The predicted octanol–water partition coefficient (Wildman–Crippen LogP) is 4.75. The standard InChI is InChI=1S/C22H26Cl2N2O3/c1-16(27)25-18-5-3-17(4-6-18)14-26-11-2-9-22(28,10-12-26)15-29-19-7-8-20(23)21(24)13-19/h3-8,13,28H,2,9-12,14-15H2,1H3,(H,25,27)/t22-/m1/s1. The van der Waals surface area contributed by atoms with E-state index >= 15 is 0 Å². The van der Waals surface area contributed by atoms with E-state index in [1.54, 1.807) is 18.2 Å². The van der Waals surface area contributed by atoms with Gasteiger partial charge in [-0.3, -0.25) is 9.69 Å². The minimum Gasteiger partial charge on any atom is -0.491 e. The van der Waals surface area contributed by atoms with Crippen molar-refractivity contribution in [2.45, 2.75) is 38.3 Å². The first-order valence-corrected chi connectivity index (χ1v) is 10.5. The molecule has 1 saturated heterocycles. The molecule has 1 heterocycles. The Balaban J connectivity index is 1.52. The topological polar surface area (TPSA) is 61.8 Å². The Morgan fingerprint density at radius 2 is 1.90 bits per heavy atom. The fourth-order valence-electron chi connectivity index (χ4n) is 3.48. The van der Waals surface area contributed by atoms with Crippen molar-refractivity contribution in [1.29, 1.82) is 0 Å². The van der Waals surface area contributed by atoms with Gasteiger partial charge in [-0.05, 0) is 55.6 Å². The van der Waals surface area contributed by atoms with Gasteiger partial charge in [0.2, 0.25) is 5.91 Å². The van der Waals surface area contributed by atoms with E-state index in [0.717, 1.165) is 31.7 Å². The number of carbonyl (C=O) groups is 1. The Morgan fingerprint density at radius 3 is 2.59 bits per heavy atom. The number of carbonyl (C=O) groups excluding carboxylic acids is 1. The van der Waals surface area contributed by atoms with Crippen LogP contribution in [0.3, 0.4) is 0 Å². The molecule has 0 saturated carbocycles. The molecular formula is C22H26Cl2N2O3. The van der Waals surface area contributed by atoms with Crippen molar-refractivity contribution in [2.24, 2.45) is 0 Å². The van der Waals surface area contributed by atoms with Gasteiger partial charge in [-0.1, -0.05) is 35.3 Å². The molecule has 2 N–H and O–H groups in total. The number of halogens is 2. The Hall–Kier alpha value is -1.79. The molecule has 3 rings (SSSR count). The second-order valence-electron chi connectivity index (χ2n) is 7.60. The van der Waals surface area contributed by atoms with Crippen molar-refractivity contribution in [3.8, 4) is 5.75 Å². The lowest BCUT2D eigenvalue weighted by Crippen LogP contribution is -2.37. The first-order valence-electron chi connectivity index (χ1n) is 9.72. The highest BCUT2D eigenvalue weighted by molar-refractivity contribution is 6.42. The second-order valence-corrected chi connectivity index (χ2v) is 8.41. The first kappa shape index (κ1) is 21.9. The molecule has 7 heteroatoms. The van der Waals surface area contributed by atoms with E-state index in [0.29, 0.717) is 28.6 Å². The molecule has 0 bridgehead atoms. The SMILES string of the molecule is CC(=O)Nc1ccc(CN2CCC[C@](O)(COc3ccc(Cl)c(Cl)c3)CC2)cc1. The van der Waals surface area contributed by atoms with Gasteiger partial charge in [0.25, 0.3) is 0 Å². The minimum atomic E-state index is -0.865. The van der Waals surface area contributed by atoms with Crippen LogP contribution in [0.15, 0.2) is 42.5 Å². The van der Waals surface area contributed by atoms with Crippen LogP contribution in [0.2, 0.25) is 10.0 Å². The smallest absolute Gasteiger partial charge is 0.221 e. The van der Waals surface area contributed by atoms with E-state index in [2.05, 4.69) is 10.2 Å². The summed E-state index contributed by atoms with van der Waals surface area (Å²) in [4.78, 5) is 13.5. The summed E-state index contributed by atoms with van der Waals surface area (Å²) in [5.74, 6) is 0.529. The fourth-order valence-corrected chi connectivity index (χ4v) is 3.76. The maximum atomic E-state index is 11.1. The lowest BCUT2D eigenvalue weighted by Gasteiger charge is -2.27. The van der Waals surface area contributed by atoms with Crippen molar-refractivity contribution in [2.75, 3.05) is 25.0 Å². The number of hydrogen-bond acceptors (Lipinski definition) is 4. The van der Waals surface area contributed by atoms with Crippen molar-refractivity contribution >= 4 is 34.8 Å². The molecule has 156 valence electrons. The van der Waals surface area contributed by atoms with Crippen LogP contribution in [-0.2, 0) is 11.3 Å². The Labute approximate surface area is 181 Å². The number of nitrogens with one attached hydrogen (secondary N) is 1. The van der Waals surface area contributed by atoms with Crippen molar-refractivity contribution in [1.82, 2.24) is 4.90 Å². The number of hydrogen-bond donors (Lipinski definition) is 2. The molecule has 0 spiro atoms. The van der Waals surface area contributed by atoms with Gasteiger partial charge in [0.15, 0.2) is 0 Å². The van der Waals surface area contributed by atoms with Gasteiger partial charge in [0.1, 0.15) is 12.4 Å². The molecule has 1 amide bonds. The normalized spacial score (nSPS) is 20.1. The van der Waals surface area contributed by atoms with Gasteiger partial charge < -0.3 is 15.2 Å². The van der Waals surface area contributed by atoms with Gasteiger partial charge in [0, 0.05) is 31.8 Å². The highest BCUT2D eigenvalue weighted by Gasteiger charge is 2.31. The monoisotopic (exact) mass is 436 g/mol. The summed E-state index contributed by atoms with van der Waals surface area (Å²) in [6.07, 6.45) is 2.22. The molecule has 29 heavy (non-hydrogen) atoms. The number of benzene rings is 2. The summed E-state index contributed by atoms with van der Waals surface area (Å²) in [7, 11) is 0. The molecule has 2 aromatic rings. The van der Waals surface area contributed by atoms with Crippen molar-refractivity contribution in [3.63, 3.8) is 0 Å². The molecule has 1 atom stereocenters. The average Bonchev–Trinajstić information content (AvgIpc) is 2.86. The van der Waals surface area contributed by atoms with Gasteiger partial charge in [0.05, 0.1) is 15.6 Å². The third-order valence-electron chi connectivity index (χ3n) is 5.09. The zero-order valence-electron chi connectivity index (χ0n) is 16.5. The van der Waals surface area contributed by atoms with E-state index in [1.807, 2.05) is 24.3 Å². The second kappa shape index (κ2) is 9.81. The number of rotatable bonds is 6. The molecular weight excluding hydrogens is 411 g/mol. The number of aliphatic hydroxyl groups is 1. The zero-order valence-corrected chi connectivity index (χ0v) is 18.0. The third-order valence-corrected chi connectivity index (χ3v) is 5.83. The maximum absolute atomic E-state index is 11.1. The van der Waals surface area contributed by atoms with Crippen LogP contribution < -0.4 is 10.1 Å². The molecule has 1 aliphatic heterocycles. The third kappa shape index (κ3) is 6.61. The first-order chi connectivity index (χ1) is 13.8. The lowest BCUT2D eigenvalue weighted by molar-refractivity contribution is -0.114. The molecule has 1 aliphatic rings. The summed E-state index contributed by atoms with van der Waals surface area (Å²) < 4.78 is 5.79. The highest BCUT2D eigenvalue weighted by Crippen LogP contribution is 2.29. The number of ether oxygens (including phenoxy) is 1. The van der Waals surface area contributed by atoms with Crippen molar-refractivity contribution in [3.05, 3.63) is 58.1 Å². The number of likely N-dealkylation sites (tertiary alicyclic amines) is 1. The Kier molecular flexibility index (Phi) is 7.41. The molecule has 5 nitrogen and oxygen atoms in total. The minimum absolute atomic E-state index is 0.0763. The molecule has 0 radical (unpaired) electrons. The number of anilines is 1. The molecule has 0 aliphatic carbocycles. The van der Waals surface area contributed by atoms with Crippen LogP contribution >= 0.6 is 23.2 Å². The zero-order chi connectivity index (χ0) is 20.9. The van der Waals surface area contributed by atoms with Crippen LogP contribution in [0.1, 0.15) is 31.7 Å². The molecule has 2 aromatic carbocycles. The quantitative estimate of drug-likeness (QED) is 0.685. The molecule has 0 aromatic heterocycles. The van der Waals surface area contributed by atoms with E-state index < -0.39 is 5.60 Å². The predicted molar refractivity (Wildman–Crippen MR) is 117 cm³/mol. The summed E-state index contributed by atoms with van der Waals surface area (Å²) in [6, 6.07) is 13.0. The average molecular weight is 437 g/mol. The van der Waals surface area contributed by atoms with Crippen LogP contribution in [0.25, 0.3) is 0 Å². The Morgan fingerprint density at radius 1 is 1.14 bits per heavy atom. The van der Waals surface area contributed by atoms with Gasteiger partial charge in [-0.15, -0.1) is 0 Å². The van der Waals surface area contributed by atoms with Crippen LogP contribution in [0.4, 0.5) is 5.69 Å². The molecule has 0 unspecified atom stereocenters. The summed E-state index contributed by atoms with van der Waals surface area (Å²) in [5, 5.41) is 14.7. The maximum Gasteiger partial charge on any atom is 0.221 e. The van der Waals surface area contributed by atoms with Crippen LogP contribution in [0, 0.1) is 0 Å². The van der Waals surface area contributed by atoms with Crippen LogP contribution in [0.5, 0.6) is 5.75 Å². The summed E-state index contributed by atoms with van der Waals surface area (Å²) in [5.41, 5.74) is 1.11. The van der Waals surface area contributed by atoms with E-state index in [1.165, 1.54) is 12.5 Å². The van der Waals surface area contributed by atoms with E-state index in [-0.39, 0.29) is 12.5 Å². The van der Waals surface area contributed by atoms with Crippen molar-refractivity contribution < 1.29 is 14.6 Å². The Bertz CT molecular complexity index is 844. The van der Waals surface area contributed by atoms with E-state index in [4.69, 9.17) is 27.9 Å². The number of nitrogens with zero attached hydrogens (tertiary/aromatic N) is 1. The molecule has 1 fully saturated rings. The summed E-state index contributed by atoms with van der Waals surface area (Å²) >= 11 is 12.0. The van der Waals surface area contributed by atoms with Gasteiger partial charge >= 0.3 is 0 Å². The highest BCUT2D eigenvalue weighted by atomic mass is 35.5. The van der Waals surface area contributed by atoms with E-state index in [9.17, 15) is 9.90 Å². The largest absolute Gasteiger partial charge is 0.491 e.